The van der Waals surface area contributed by atoms with Crippen LogP contribution in [0.4, 0.5) is 5.69 Å². The molecule has 1 aliphatic heterocycles. The molecule has 0 N–H and O–H groups in total. The Balaban J connectivity index is 1.65. The number of sulfonamides is 1. The van der Waals surface area contributed by atoms with Crippen molar-refractivity contribution in [2.75, 3.05) is 32.8 Å². The number of nitro benzene ring substituents is 1. The number of ether oxygens (including phenoxy) is 1. The number of carbonyl (C=O) groups excluding carboxylic acids is 1. The van der Waals surface area contributed by atoms with E-state index in [4.69, 9.17) is 27.9 Å². The molecule has 0 spiro atoms. The van der Waals surface area contributed by atoms with Crippen molar-refractivity contribution >= 4 is 56.2 Å². The number of amides is 1. The third-order valence-corrected chi connectivity index (χ3v) is 9.86. The number of halogens is 2. The molecule has 1 amide bonds. The van der Waals surface area contributed by atoms with E-state index in [1.165, 1.54) is 12.1 Å². The van der Waals surface area contributed by atoms with Crippen LogP contribution < -0.4 is 0 Å². The van der Waals surface area contributed by atoms with E-state index in [-0.39, 0.29) is 23.0 Å². The van der Waals surface area contributed by atoms with Gasteiger partial charge < -0.3 is 9.64 Å². The van der Waals surface area contributed by atoms with Gasteiger partial charge in [-0.25, -0.2) is 8.42 Å². The molecular formula is C26H27Cl2N3O6S2. The molecule has 2 heterocycles. The minimum Gasteiger partial charge on any atom is -0.382 e. The highest BCUT2D eigenvalue weighted by Gasteiger charge is 2.36. The van der Waals surface area contributed by atoms with E-state index in [0.29, 0.717) is 48.2 Å². The van der Waals surface area contributed by atoms with Crippen LogP contribution in [-0.2, 0) is 26.0 Å². The fourth-order valence-electron chi connectivity index (χ4n) is 4.55. The van der Waals surface area contributed by atoms with Gasteiger partial charge in [0.1, 0.15) is 0 Å². The second-order valence-corrected chi connectivity index (χ2v) is 12.6. The smallest absolute Gasteiger partial charge is 0.269 e. The number of carbonyl (C=O) groups is 1. The molecule has 0 saturated carbocycles. The van der Waals surface area contributed by atoms with Crippen molar-refractivity contribution in [2.45, 2.75) is 30.7 Å². The fraction of sp³-hybridized carbons (Fsp3) is 0.346. The molecule has 1 unspecified atom stereocenters. The summed E-state index contributed by atoms with van der Waals surface area (Å²) in [5, 5.41) is 13.9. The van der Waals surface area contributed by atoms with Crippen LogP contribution >= 0.6 is 34.5 Å². The number of nitro groups is 1. The number of hydrogen-bond donors (Lipinski definition) is 0. The first-order valence-corrected chi connectivity index (χ1v) is 15.3. The molecule has 13 heteroatoms. The average molecular weight is 613 g/mol. The summed E-state index contributed by atoms with van der Waals surface area (Å²) >= 11 is 14.3. The zero-order valence-corrected chi connectivity index (χ0v) is 24.2. The normalized spacial score (nSPS) is 15.4. The van der Waals surface area contributed by atoms with Gasteiger partial charge in [-0.3, -0.25) is 14.9 Å². The Morgan fingerprint density at radius 2 is 1.92 bits per heavy atom. The number of non-ortho nitro benzene ring substituents is 1. The number of hydrogen-bond acceptors (Lipinski definition) is 7. The van der Waals surface area contributed by atoms with Gasteiger partial charge in [0.25, 0.3) is 5.69 Å². The first-order valence-electron chi connectivity index (χ1n) is 12.3. The molecule has 0 bridgehead atoms. The largest absolute Gasteiger partial charge is 0.382 e. The lowest BCUT2D eigenvalue weighted by Crippen LogP contribution is -2.47. The van der Waals surface area contributed by atoms with Crippen molar-refractivity contribution in [2.24, 2.45) is 0 Å². The van der Waals surface area contributed by atoms with Crippen LogP contribution in [0.1, 0.15) is 35.4 Å². The molecule has 0 aliphatic carbocycles. The molecule has 0 fully saturated rings. The lowest BCUT2D eigenvalue weighted by atomic mass is 9.93. The summed E-state index contributed by atoms with van der Waals surface area (Å²) in [5.74, 6) is -0.384. The number of fused-ring (bicyclic) bond motifs is 1. The second-order valence-electron chi connectivity index (χ2n) is 8.84. The number of rotatable bonds is 11. The highest BCUT2D eigenvalue weighted by molar-refractivity contribution is 7.89. The fourth-order valence-corrected chi connectivity index (χ4v) is 7.39. The second kappa shape index (κ2) is 12.8. The van der Waals surface area contributed by atoms with E-state index >= 15 is 0 Å². The predicted octanol–water partition coefficient (Wildman–Crippen LogP) is 5.55. The van der Waals surface area contributed by atoms with Crippen molar-refractivity contribution in [1.82, 2.24) is 9.21 Å². The summed E-state index contributed by atoms with van der Waals surface area (Å²) in [6.07, 6.45) is 1.01. The van der Waals surface area contributed by atoms with Gasteiger partial charge in [-0.2, -0.15) is 4.31 Å². The molecular weight excluding hydrogens is 585 g/mol. The Morgan fingerprint density at radius 1 is 1.18 bits per heavy atom. The third kappa shape index (κ3) is 6.62. The minimum atomic E-state index is -4.14. The first kappa shape index (κ1) is 29.4. The number of benzene rings is 2. The van der Waals surface area contributed by atoms with Gasteiger partial charge in [0.15, 0.2) is 0 Å². The summed E-state index contributed by atoms with van der Waals surface area (Å²) < 4.78 is 33.7. The maximum absolute atomic E-state index is 13.8. The lowest BCUT2D eigenvalue weighted by Gasteiger charge is -2.37. The summed E-state index contributed by atoms with van der Waals surface area (Å²) in [6, 6.07) is 11.2. The average Bonchev–Trinajstić information content (AvgIpc) is 3.39. The molecule has 9 nitrogen and oxygen atoms in total. The molecule has 4 rings (SSSR count). The van der Waals surface area contributed by atoms with Crippen molar-refractivity contribution in [3.63, 3.8) is 0 Å². The van der Waals surface area contributed by atoms with E-state index in [0.717, 1.165) is 26.9 Å². The van der Waals surface area contributed by atoms with Crippen LogP contribution in [0.3, 0.4) is 0 Å². The zero-order valence-electron chi connectivity index (χ0n) is 21.1. The molecule has 3 aromatic rings. The first-order chi connectivity index (χ1) is 18.6. The van der Waals surface area contributed by atoms with Crippen LogP contribution in [0.2, 0.25) is 10.0 Å². The summed E-state index contributed by atoms with van der Waals surface area (Å²) in [4.78, 5) is 27.0. The minimum absolute atomic E-state index is 0.0367. The van der Waals surface area contributed by atoms with Gasteiger partial charge in [-0.05, 0) is 66.6 Å². The van der Waals surface area contributed by atoms with Crippen LogP contribution in [0.15, 0.2) is 58.8 Å². The van der Waals surface area contributed by atoms with Crippen LogP contribution in [0, 0.1) is 10.1 Å². The molecule has 208 valence electrons. The quantitative estimate of drug-likeness (QED) is 0.160. The Kier molecular flexibility index (Phi) is 9.63. The van der Waals surface area contributed by atoms with E-state index in [1.807, 2.05) is 18.4 Å². The summed E-state index contributed by atoms with van der Waals surface area (Å²) in [5.41, 5.74) is 1.43. The maximum Gasteiger partial charge on any atom is 0.269 e. The van der Waals surface area contributed by atoms with Crippen molar-refractivity contribution < 1.29 is 22.9 Å². The van der Waals surface area contributed by atoms with Gasteiger partial charge in [0.05, 0.1) is 22.4 Å². The molecule has 1 atom stereocenters. The predicted molar refractivity (Wildman–Crippen MR) is 151 cm³/mol. The SMILES string of the molecule is CCOCCCN(CC(=O)N1CCc2sccc2C1c1ccc(Cl)cc1Cl)S(=O)(=O)c1ccc([N+](=O)[O-])cc1. The molecule has 0 saturated heterocycles. The van der Waals surface area contributed by atoms with E-state index in [9.17, 15) is 23.3 Å². The standard InChI is InChI=1S/C26H27Cl2N3O6S2/c1-2-37-14-3-12-29(39(35,36)20-7-5-19(6-8-20)31(33)34)17-25(32)30-13-10-24-22(11-15-38-24)26(30)21-9-4-18(27)16-23(21)28/h4-9,11,15-16,26H,2-3,10,12-14,17H2,1H3. The number of thiophene rings is 1. The highest BCUT2D eigenvalue weighted by atomic mass is 35.5. The lowest BCUT2D eigenvalue weighted by molar-refractivity contribution is -0.384. The molecule has 1 aliphatic rings. The van der Waals surface area contributed by atoms with Gasteiger partial charge in [-0.15, -0.1) is 11.3 Å². The molecule has 1 aromatic heterocycles. The van der Waals surface area contributed by atoms with E-state index in [2.05, 4.69) is 0 Å². The molecule has 0 radical (unpaired) electrons. The van der Waals surface area contributed by atoms with Crippen molar-refractivity contribution in [3.05, 3.63) is 90.1 Å². The zero-order chi connectivity index (χ0) is 28.2. The third-order valence-electron chi connectivity index (χ3n) is 6.44. The van der Waals surface area contributed by atoms with Crippen LogP contribution in [0.5, 0.6) is 0 Å². The molecule has 2 aromatic carbocycles. The highest BCUT2D eigenvalue weighted by Crippen LogP contribution is 2.41. The van der Waals surface area contributed by atoms with Crippen molar-refractivity contribution in [1.29, 1.82) is 0 Å². The van der Waals surface area contributed by atoms with Gasteiger partial charge in [0, 0.05) is 53.4 Å². The Morgan fingerprint density at radius 3 is 2.59 bits per heavy atom. The Hall–Kier alpha value is -2.54. The van der Waals surface area contributed by atoms with Gasteiger partial charge >= 0.3 is 0 Å². The number of nitrogens with zero attached hydrogens (tertiary/aromatic N) is 3. The van der Waals surface area contributed by atoms with Crippen molar-refractivity contribution in [3.8, 4) is 0 Å². The molecule has 39 heavy (non-hydrogen) atoms. The van der Waals surface area contributed by atoms with Crippen LogP contribution in [-0.4, -0.2) is 61.3 Å². The van der Waals surface area contributed by atoms with Gasteiger partial charge in [-0.1, -0.05) is 29.3 Å². The van der Waals surface area contributed by atoms with E-state index < -0.39 is 27.5 Å². The summed E-state index contributed by atoms with van der Waals surface area (Å²) in [7, 11) is -4.14. The van der Waals surface area contributed by atoms with E-state index in [1.54, 1.807) is 34.4 Å². The maximum atomic E-state index is 13.8. The topological polar surface area (TPSA) is 110 Å². The summed E-state index contributed by atoms with van der Waals surface area (Å²) in [6.45, 7) is 2.66. The Labute approximate surface area is 241 Å². The van der Waals surface area contributed by atoms with Crippen LogP contribution in [0.25, 0.3) is 0 Å². The Bertz CT molecular complexity index is 1450. The monoisotopic (exact) mass is 611 g/mol. The van der Waals surface area contributed by atoms with Gasteiger partial charge in [0.2, 0.25) is 15.9 Å².